The molecule has 4 heteroatoms. The van der Waals surface area contributed by atoms with Gasteiger partial charge >= 0.3 is 5.97 Å². The van der Waals surface area contributed by atoms with Gasteiger partial charge in [-0.1, -0.05) is 0 Å². The van der Waals surface area contributed by atoms with Crippen molar-refractivity contribution in [2.45, 2.75) is 31.8 Å². The first-order valence-electron chi connectivity index (χ1n) is 4.41. The van der Waals surface area contributed by atoms with Gasteiger partial charge in [-0.2, -0.15) is 0 Å². The second kappa shape index (κ2) is 4.42. The van der Waals surface area contributed by atoms with Gasteiger partial charge in [0.05, 0.1) is 6.61 Å². The molecule has 3 N–H and O–H groups in total. The zero-order chi connectivity index (χ0) is 8.97. The molecule has 0 aromatic carbocycles. The minimum absolute atomic E-state index is 0.0854. The molecule has 0 radical (unpaired) electrons. The van der Waals surface area contributed by atoms with Crippen molar-refractivity contribution in [1.29, 1.82) is 0 Å². The minimum Gasteiger partial charge on any atom is -0.465 e. The molecule has 12 heavy (non-hydrogen) atoms. The van der Waals surface area contributed by atoms with E-state index in [1.165, 1.54) is 0 Å². The largest absolute Gasteiger partial charge is 0.465 e. The summed E-state index contributed by atoms with van der Waals surface area (Å²) < 4.78 is 4.87. The van der Waals surface area contributed by atoms with Gasteiger partial charge in [-0.05, 0) is 26.3 Å². The molecule has 2 unspecified atom stereocenters. The van der Waals surface area contributed by atoms with E-state index in [0.717, 1.165) is 19.4 Å². The maximum Gasteiger partial charge on any atom is 0.324 e. The van der Waals surface area contributed by atoms with Crippen LogP contribution in [0.15, 0.2) is 0 Å². The van der Waals surface area contributed by atoms with Gasteiger partial charge in [-0.25, -0.2) is 0 Å². The molecule has 1 aliphatic heterocycles. The molecule has 4 nitrogen and oxygen atoms in total. The first-order chi connectivity index (χ1) is 5.75. The van der Waals surface area contributed by atoms with Crippen molar-refractivity contribution in [2.75, 3.05) is 13.2 Å². The lowest BCUT2D eigenvalue weighted by Crippen LogP contribution is -2.54. The van der Waals surface area contributed by atoms with Crippen molar-refractivity contribution < 1.29 is 9.53 Å². The predicted molar refractivity (Wildman–Crippen MR) is 45.6 cm³/mol. The van der Waals surface area contributed by atoms with Crippen molar-refractivity contribution >= 4 is 5.97 Å². The number of hydrogen-bond acceptors (Lipinski definition) is 4. The maximum absolute atomic E-state index is 11.2. The number of nitrogens with two attached hydrogens (primary N) is 1. The number of rotatable bonds is 2. The fourth-order valence-corrected chi connectivity index (χ4v) is 1.40. The summed E-state index contributed by atoms with van der Waals surface area (Å²) in [4.78, 5) is 11.2. The molecule has 1 aliphatic rings. The second-order valence-electron chi connectivity index (χ2n) is 2.99. The van der Waals surface area contributed by atoms with Gasteiger partial charge in [-0.15, -0.1) is 0 Å². The maximum atomic E-state index is 11.2. The van der Waals surface area contributed by atoms with Gasteiger partial charge in [0.15, 0.2) is 0 Å². The normalized spacial score (nSPS) is 29.8. The van der Waals surface area contributed by atoms with Crippen molar-refractivity contribution in [1.82, 2.24) is 5.32 Å². The molecule has 0 amide bonds. The van der Waals surface area contributed by atoms with Crippen LogP contribution in [0, 0.1) is 0 Å². The van der Waals surface area contributed by atoms with E-state index >= 15 is 0 Å². The molecule has 0 aromatic rings. The molecular weight excluding hydrogens is 156 g/mol. The van der Waals surface area contributed by atoms with Crippen LogP contribution in [0.5, 0.6) is 0 Å². The van der Waals surface area contributed by atoms with Crippen LogP contribution in [0.1, 0.15) is 19.8 Å². The molecule has 1 saturated heterocycles. The summed E-state index contributed by atoms with van der Waals surface area (Å²) in [6, 6.07) is -0.378. The molecule has 0 bridgehead atoms. The Morgan fingerprint density at radius 2 is 2.50 bits per heavy atom. The Hall–Kier alpha value is -0.610. The SMILES string of the molecule is CCOC(=O)C1NCCCC1N. The summed E-state index contributed by atoms with van der Waals surface area (Å²) >= 11 is 0. The molecule has 0 aromatic heterocycles. The lowest BCUT2D eigenvalue weighted by molar-refractivity contribution is -0.146. The third-order valence-electron chi connectivity index (χ3n) is 2.05. The number of nitrogens with one attached hydrogen (secondary N) is 1. The molecule has 1 rings (SSSR count). The highest BCUT2D eigenvalue weighted by Gasteiger charge is 2.28. The average molecular weight is 172 g/mol. The second-order valence-corrected chi connectivity index (χ2v) is 2.99. The number of piperidine rings is 1. The number of carbonyl (C=O) groups excluding carboxylic acids is 1. The van der Waals surface area contributed by atoms with E-state index in [9.17, 15) is 4.79 Å². The number of ether oxygens (including phenoxy) is 1. The van der Waals surface area contributed by atoms with Crippen LogP contribution >= 0.6 is 0 Å². The summed E-state index contributed by atoms with van der Waals surface area (Å²) in [5.41, 5.74) is 5.75. The van der Waals surface area contributed by atoms with Crippen molar-refractivity contribution in [3.8, 4) is 0 Å². The van der Waals surface area contributed by atoms with E-state index in [4.69, 9.17) is 10.5 Å². The Morgan fingerprint density at radius 3 is 3.08 bits per heavy atom. The standard InChI is InChI=1S/C8H16N2O2/c1-2-12-8(11)7-6(9)4-3-5-10-7/h6-7,10H,2-5,9H2,1H3. The minimum atomic E-state index is -0.293. The number of hydrogen-bond donors (Lipinski definition) is 2. The number of carbonyl (C=O) groups is 1. The Balaban J connectivity index is 2.42. The van der Waals surface area contributed by atoms with Crippen LogP contribution in [-0.4, -0.2) is 31.2 Å². The first kappa shape index (κ1) is 9.48. The van der Waals surface area contributed by atoms with E-state index in [-0.39, 0.29) is 18.1 Å². The molecule has 0 spiro atoms. The van der Waals surface area contributed by atoms with E-state index in [0.29, 0.717) is 6.61 Å². The monoisotopic (exact) mass is 172 g/mol. The van der Waals surface area contributed by atoms with Gasteiger partial charge in [0.2, 0.25) is 0 Å². The lowest BCUT2D eigenvalue weighted by atomic mass is 10.00. The summed E-state index contributed by atoms with van der Waals surface area (Å²) in [7, 11) is 0. The molecule has 0 saturated carbocycles. The van der Waals surface area contributed by atoms with Crippen LogP contribution < -0.4 is 11.1 Å². The Bertz CT molecular complexity index is 161. The Labute approximate surface area is 72.5 Å². The van der Waals surface area contributed by atoms with Crippen LogP contribution in [0.4, 0.5) is 0 Å². The zero-order valence-corrected chi connectivity index (χ0v) is 7.38. The van der Waals surface area contributed by atoms with Crippen LogP contribution in [0.2, 0.25) is 0 Å². The fraction of sp³-hybridized carbons (Fsp3) is 0.875. The summed E-state index contributed by atoms with van der Waals surface area (Å²) in [5.74, 6) is -0.218. The van der Waals surface area contributed by atoms with Crippen LogP contribution in [0.3, 0.4) is 0 Å². The van der Waals surface area contributed by atoms with Crippen LogP contribution in [-0.2, 0) is 9.53 Å². The first-order valence-corrected chi connectivity index (χ1v) is 4.41. The van der Waals surface area contributed by atoms with Gasteiger partial charge in [0, 0.05) is 6.04 Å². The summed E-state index contributed by atoms with van der Waals surface area (Å²) in [6.45, 7) is 3.08. The van der Waals surface area contributed by atoms with Crippen LogP contribution in [0.25, 0.3) is 0 Å². The Kier molecular flexibility index (Phi) is 3.49. The quantitative estimate of drug-likeness (QED) is 0.558. The van der Waals surface area contributed by atoms with Crippen molar-refractivity contribution in [2.24, 2.45) is 5.73 Å². The van der Waals surface area contributed by atoms with E-state index in [2.05, 4.69) is 5.32 Å². The molecular formula is C8H16N2O2. The fourth-order valence-electron chi connectivity index (χ4n) is 1.40. The third kappa shape index (κ3) is 2.19. The predicted octanol–water partition coefficient (Wildman–Crippen LogP) is -0.371. The average Bonchev–Trinajstić information content (AvgIpc) is 2.05. The highest BCUT2D eigenvalue weighted by molar-refractivity contribution is 5.76. The Morgan fingerprint density at radius 1 is 1.75 bits per heavy atom. The third-order valence-corrected chi connectivity index (χ3v) is 2.05. The highest BCUT2D eigenvalue weighted by atomic mass is 16.5. The summed E-state index contributed by atoms with van der Waals surface area (Å²) in [6.07, 6.45) is 1.94. The van der Waals surface area contributed by atoms with Gasteiger partial charge in [-0.3, -0.25) is 4.79 Å². The van der Waals surface area contributed by atoms with Crippen molar-refractivity contribution in [3.63, 3.8) is 0 Å². The molecule has 0 aliphatic carbocycles. The van der Waals surface area contributed by atoms with E-state index in [1.54, 1.807) is 6.92 Å². The molecule has 1 heterocycles. The highest BCUT2D eigenvalue weighted by Crippen LogP contribution is 2.07. The van der Waals surface area contributed by atoms with Crippen molar-refractivity contribution in [3.05, 3.63) is 0 Å². The van der Waals surface area contributed by atoms with E-state index < -0.39 is 0 Å². The van der Waals surface area contributed by atoms with Gasteiger partial charge in [0.25, 0.3) is 0 Å². The number of esters is 1. The molecule has 1 fully saturated rings. The van der Waals surface area contributed by atoms with E-state index in [1.807, 2.05) is 0 Å². The molecule has 2 atom stereocenters. The topological polar surface area (TPSA) is 64.3 Å². The van der Waals surface area contributed by atoms with Gasteiger partial charge < -0.3 is 15.8 Å². The zero-order valence-electron chi connectivity index (χ0n) is 7.38. The summed E-state index contributed by atoms with van der Waals surface area (Å²) in [5, 5.41) is 3.05. The molecule has 70 valence electrons. The smallest absolute Gasteiger partial charge is 0.324 e. The van der Waals surface area contributed by atoms with Gasteiger partial charge in [0.1, 0.15) is 6.04 Å². The lowest BCUT2D eigenvalue weighted by Gasteiger charge is -2.27.